The highest BCUT2D eigenvalue weighted by Gasteiger charge is 2.39. The molecule has 1 unspecified atom stereocenters. The number of carbonyl (C=O) groups is 2. The van der Waals surface area contributed by atoms with E-state index < -0.39 is 17.6 Å². The first-order chi connectivity index (χ1) is 8.66. The van der Waals surface area contributed by atoms with Crippen LogP contribution in [0.25, 0.3) is 0 Å². The molecule has 6 heteroatoms. The van der Waals surface area contributed by atoms with Gasteiger partial charge in [0.25, 0.3) is 0 Å². The van der Waals surface area contributed by atoms with Crippen LogP contribution in [0.3, 0.4) is 0 Å². The Morgan fingerprint density at radius 3 is 3.06 bits per heavy atom. The molecule has 1 aliphatic heterocycles. The van der Waals surface area contributed by atoms with Crippen molar-refractivity contribution in [2.75, 3.05) is 5.32 Å². The lowest BCUT2D eigenvalue weighted by Crippen LogP contribution is -2.21. The SMILES string of the molecule is O=C1Nc2cc(Cl)cnc2C1C(=O)c1ccco1. The molecule has 5 nitrogen and oxygen atoms in total. The highest BCUT2D eigenvalue weighted by atomic mass is 35.5. The number of hydrogen-bond acceptors (Lipinski definition) is 4. The smallest absolute Gasteiger partial charge is 0.241 e. The zero-order chi connectivity index (χ0) is 12.7. The molecule has 0 aromatic carbocycles. The number of anilines is 1. The molecule has 0 spiro atoms. The predicted octanol–water partition coefficient (Wildman–Crippen LogP) is 2.25. The first kappa shape index (κ1) is 11.0. The monoisotopic (exact) mass is 262 g/mol. The van der Waals surface area contributed by atoms with Gasteiger partial charge in [0, 0.05) is 6.20 Å². The van der Waals surface area contributed by atoms with Gasteiger partial charge in [-0.3, -0.25) is 14.6 Å². The standard InChI is InChI=1S/C12H7ClN2O3/c13-6-4-7-10(14-5-6)9(12(17)15-7)11(16)8-2-1-3-18-8/h1-5,9H,(H,15,17). The molecule has 18 heavy (non-hydrogen) atoms. The van der Waals surface area contributed by atoms with E-state index in [0.29, 0.717) is 16.4 Å². The molecule has 1 N–H and O–H groups in total. The molecular formula is C12H7ClN2O3. The van der Waals surface area contributed by atoms with Gasteiger partial charge in [0.15, 0.2) is 5.76 Å². The molecule has 0 saturated carbocycles. The number of carbonyl (C=O) groups excluding carboxylic acids is 2. The van der Waals surface area contributed by atoms with Gasteiger partial charge in [-0.2, -0.15) is 0 Å². The fourth-order valence-electron chi connectivity index (χ4n) is 1.91. The summed E-state index contributed by atoms with van der Waals surface area (Å²) >= 11 is 5.78. The van der Waals surface area contributed by atoms with Gasteiger partial charge in [-0.05, 0) is 18.2 Å². The Morgan fingerprint density at radius 2 is 2.33 bits per heavy atom. The van der Waals surface area contributed by atoms with Crippen molar-refractivity contribution in [3.63, 3.8) is 0 Å². The van der Waals surface area contributed by atoms with E-state index in [2.05, 4.69) is 10.3 Å². The minimum atomic E-state index is -0.969. The van der Waals surface area contributed by atoms with Gasteiger partial charge in [-0.25, -0.2) is 0 Å². The number of pyridine rings is 1. The largest absolute Gasteiger partial charge is 0.461 e. The zero-order valence-corrected chi connectivity index (χ0v) is 9.77. The van der Waals surface area contributed by atoms with Crippen molar-refractivity contribution in [2.45, 2.75) is 5.92 Å². The molecule has 0 aliphatic carbocycles. The van der Waals surface area contributed by atoms with E-state index >= 15 is 0 Å². The zero-order valence-electron chi connectivity index (χ0n) is 9.01. The molecule has 0 radical (unpaired) electrons. The Kier molecular flexibility index (Phi) is 2.41. The van der Waals surface area contributed by atoms with E-state index in [1.54, 1.807) is 12.1 Å². The molecule has 90 valence electrons. The fourth-order valence-corrected chi connectivity index (χ4v) is 2.07. The number of aromatic nitrogens is 1. The van der Waals surface area contributed by atoms with Crippen LogP contribution >= 0.6 is 11.6 Å². The summed E-state index contributed by atoms with van der Waals surface area (Å²) in [5.41, 5.74) is 0.850. The Bertz CT molecular complexity index is 637. The van der Waals surface area contributed by atoms with Crippen LogP contribution in [0.4, 0.5) is 5.69 Å². The minimum Gasteiger partial charge on any atom is -0.461 e. The number of hydrogen-bond donors (Lipinski definition) is 1. The molecule has 3 heterocycles. The maximum atomic E-state index is 12.1. The number of halogens is 1. The number of ketones is 1. The van der Waals surface area contributed by atoms with E-state index in [1.165, 1.54) is 18.5 Å². The molecule has 1 amide bonds. The first-order valence-corrected chi connectivity index (χ1v) is 5.58. The van der Waals surface area contributed by atoms with Gasteiger partial charge in [0.2, 0.25) is 11.7 Å². The second-order valence-corrected chi connectivity index (χ2v) is 4.29. The summed E-state index contributed by atoms with van der Waals surface area (Å²) in [5, 5.41) is 2.99. The number of nitrogens with one attached hydrogen (secondary N) is 1. The van der Waals surface area contributed by atoms with Crippen LogP contribution in [0.15, 0.2) is 35.1 Å². The van der Waals surface area contributed by atoms with E-state index in [-0.39, 0.29) is 5.76 Å². The first-order valence-electron chi connectivity index (χ1n) is 5.21. The lowest BCUT2D eigenvalue weighted by Gasteiger charge is -2.04. The summed E-state index contributed by atoms with van der Waals surface area (Å²) in [4.78, 5) is 28.0. The Hall–Kier alpha value is -2.14. The van der Waals surface area contributed by atoms with Crippen molar-refractivity contribution in [1.29, 1.82) is 0 Å². The van der Waals surface area contributed by atoms with Gasteiger partial charge < -0.3 is 9.73 Å². The third-order valence-corrected chi connectivity index (χ3v) is 2.91. The van der Waals surface area contributed by atoms with E-state index in [4.69, 9.17) is 16.0 Å². The van der Waals surface area contributed by atoms with E-state index in [1.807, 2.05) is 0 Å². The van der Waals surface area contributed by atoms with E-state index in [0.717, 1.165) is 0 Å². The number of amides is 1. The van der Waals surface area contributed by atoms with Crippen LogP contribution in [0.2, 0.25) is 5.02 Å². The van der Waals surface area contributed by atoms with Gasteiger partial charge in [0.1, 0.15) is 5.92 Å². The number of rotatable bonds is 2. The van der Waals surface area contributed by atoms with Crippen LogP contribution in [0.1, 0.15) is 22.2 Å². The lowest BCUT2D eigenvalue weighted by atomic mass is 9.99. The minimum absolute atomic E-state index is 0.139. The second kappa shape index (κ2) is 3.96. The number of nitrogens with zero attached hydrogens (tertiary/aromatic N) is 1. The molecule has 0 saturated heterocycles. The number of fused-ring (bicyclic) bond motifs is 1. The van der Waals surface area contributed by atoms with Crippen molar-refractivity contribution in [3.8, 4) is 0 Å². The number of furan rings is 1. The molecule has 2 aromatic rings. The molecule has 0 fully saturated rings. The molecular weight excluding hydrogens is 256 g/mol. The molecule has 2 aromatic heterocycles. The Morgan fingerprint density at radius 1 is 1.50 bits per heavy atom. The maximum Gasteiger partial charge on any atom is 0.241 e. The predicted molar refractivity (Wildman–Crippen MR) is 63.7 cm³/mol. The van der Waals surface area contributed by atoms with Crippen molar-refractivity contribution in [2.24, 2.45) is 0 Å². The molecule has 3 rings (SSSR count). The van der Waals surface area contributed by atoms with Gasteiger partial charge >= 0.3 is 0 Å². The van der Waals surface area contributed by atoms with Crippen molar-refractivity contribution >= 4 is 29.0 Å². The van der Waals surface area contributed by atoms with Crippen molar-refractivity contribution in [3.05, 3.63) is 47.1 Å². The van der Waals surface area contributed by atoms with Crippen molar-refractivity contribution < 1.29 is 14.0 Å². The molecule has 1 aliphatic rings. The van der Waals surface area contributed by atoms with Gasteiger partial charge in [0.05, 0.1) is 22.7 Å². The van der Waals surface area contributed by atoms with Crippen LogP contribution < -0.4 is 5.32 Å². The maximum absolute atomic E-state index is 12.1. The highest BCUT2D eigenvalue weighted by Crippen LogP contribution is 2.34. The average molecular weight is 263 g/mol. The fraction of sp³-hybridized carbons (Fsp3) is 0.0833. The lowest BCUT2D eigenvalue weighted by molar-refractivity contribution is -0.116. The van der Waals surface area contributed by atoms with Crippen molar-refractivity contribution in [1.82, 2.24) is 4.98 Å². The molecule has 1 atom stereocenters. The highest BCUT2D eigenvalue weighted by molar-refractivity contribution is 6.31. The van der Waals surface area contributed by atoms with Gasteiger partial charge in [-0.15, -0.1) is 0 Å². The van der Waals surface area contributed by atoms with Gasteiger partial charge in [-0.1, -0.05) is 11.6 Å². The quantitative estimate of drug-likeness (QED) is 0.665. The molecule has 0 bridgehead atoms. The summed E-state index contributed by atoms with van der Waals surface area (Å²) in [5.74, 6) is -1.66. The Labute approximate surface area is 107 Å². The van der Waals surface area contributed by atoms with Crippen LogP contribution in [0, 0.1) is 0 Å². The van der Waals surface area contributed by atoms with Crippen LogP contribution in [0.5, 0.6) is 0 Å². The average Bonchev–Trinajstić information content (AvgIpc) is 2.94. The van der Waals surface area contributed by atoms with E-state index in [9.17, 15) is 9.59 Å². The normalized spacial score (nSPS) is 17.4. The second-order valence-electron chi connectivity index (χ2n) is 3.85. The number of Topliss-reactive ketones (excluding diaryl/α,β-unsaturated/α-hetero) is 1. The third kappa shape index (κ3) is 1.60. The summed E-state index contributed by atoms with van der Waals surface area (Å²) in [6.07, 6.45) is 2.79. The summed E-state index contributed by atoms with van der Waals surface area (Å²) in [6.45, 7) is 0. The summed E-state index contributed by atoms with van der Waals surface area (Å²) in [6, 6.07) is 4.68. The summed E-state index contributed by atoms with van der Waals surface area (Å²) < 4.78 is 5.01. The third-order valence-electron chi connectivity index (χ3n) is 2.70. The Balaban J connectivity index is 2.04. The topological polar surface area (TPSA) is 72.2 Å². The van der Waals surface area contributed by atoms with Crippen LogP contribution in [-0.2, 0) is 4.79 Å². The summed E-state index contributed by atoms with van der Waals surface area (Å²) in [7, 11) is 0. The van der Waals surface area contributed by atoms with Crippen LogP contribution in [-0.4, -0.2) is 16.7 Å².